The lowest BCUT2D eigenvalue weighted by atomic mass is 9.85. The summed E-state index contributed by atoms with van der Waals surface area (Å²) in [5, 5.41) is 51.1. The van der Waals surface area contributed by atoms with Gasteiger partial charge in [-0.2, -0.15) is 0 Å². The van der Waals surface area contributed by atoms with Crippen LogP contribution in [0.25, 0.3) is 0 Å². The summed E-state index contributed by atoms with van der Waals surface area (Å²) in [6, 6.07) is 0. The Morgan fingerprint density at radius 3 is 1.77 bits per heavy atom. The van der Waals surface area contributed by atoms with Crippen LogP contribution in [0.15, 0.2) is 60.8 Å². The fourth-order valence-corrected chi connectivity index (χ4v) is 8.07. The lowest BCUT2D eigenvalue weighted by Crippen LogP contribution is -2.64. The molecule has 0 aromatic carbocycles. The molecular formula is C45H78O17P2. The van der Waals surface area contributed by atoms with Crippen molar-refractivity contribution in [2.75, 3.05) is 13.2 Å². The minimum atomic E-state index is -5.38. The zero-order valence-corrected chi connectivity index (χ0v) is 39.6. The van der Waals surface area contributed by atoms with Gasteiger partial charge >= 0.3 is 27.6 Å². The largest absolute Gasteiger partial charge is 0.472 e. The second-order valence-corrected chi connectivity index (χ2v) is 18.6. The van der Waals surface area contributed by atoms with E-state index in [-0.39, 0.29) is 12.8 Å². The summed E-state index contributed by atoms with van der Waals surface area (Å²) in [5.41, 5.74) is 0. The lowest BCUT2D eigenvalue weighted by molar-refractivity contribution is -0.216. The molecule has 1 rings (SSSR count). The van der Waals surface area contributed by atoms with Gasteiger partial charge in [-0.05, 0) is 64.2 Å². The van der Waals surface area contributed by atoms with Gasteiger partial charge < -0.3 is 49.7 Å². The highest BCUT2D eigenvalue weighted by Crippen LogP contribution is 2.49. The van der Waals surface area contributed by atoms with Crippen LogP contribution in [0.3, 0.4) is 0 Å². The third-order valence-corrected chi connectivity index (χ3v) is 11.7. The molecule has 1 saturated carbocycles. The minimum Gasteiger partial charge on any atom is -0.462 e. The summed E-state index contributed by atoms with van der Waals surface area (Å²) in [7, 11) is -10.7. The maximum atomic E-state index is 13.0. The number of unbranched alkanes of at least 4 members (excludes halogenated alkanes) is 12. The van der Waals surface area contributed by atoms with Crippen molar-refractivity contribution in [2.24, 2.45) is 0 Å². The van der Waals surface area contributed by atoms with E-state index >= 15 is 0 Å². The SMILES string of the molecule is CCCCCC/C=C\CCCCCCCC(=O)O[C@H](COC(=O)CCC/C=C\C/C=C\C/C=C\C=C\[C@H](O)CCCCC)COP(=O)(O)O[C@H]1C(O)C(O)C(O)[C@@H](OP(=O)(O)O)C1O. The molecule has 1 aliphatic carbocycles. The predicted octanol–water partition coefficient (Wildman–Crippen LogP) is 7.25. The Morgan fingerprint density at radius 2 is 1.11 bits per heavy atom. The molecule has 8 N–H and O–H groups in total. The standard InChI is InChI=1S/C45H78O17P2/c1-3-5-7-8-9-10-11-12-15-19-22-25-29-33-39(48)60-37(35-59-64(56,57)62-45-42(51)40(49)41(50)44(43(45)52)61-63(53,54)55)34-58-38(47)32-28-24-21-18-16-13-14-17-20-23-27-31-36(46)30-26-6-4-2/h10-11,13-14,18,20-21,23,27,31,36-37,40-46,49-52H,3-9,12,15-17,19,22,24-26,28-30,32-35H2,1-2H3,(H,56,57)(H2,53,54,55)/b11-10-,14-13-,21-18-,23-20-,31-27+/t36-,37-,40?,41?,42?,43?,44-,45+/m1/s1. The van der Waals surface area contributed by atoms with Crippen LogP contribution >= 0.6 is 15.6 Å². The van der Waals surface area contributed by atoms with Gasteiger partial charge in [-0.15, -0.1) is 0 Å². The molecule has 0 radical (unpaired) electrons. The van der Waals surface area contributed by atoms with Crippen LogP contribution in [-0.2, 0) is 41.8 Å². The summed E-state index contributed by atoms with van der Waals surface area (Å²) in [5.74, 6) is -1.31. The monoisotopic (exact) mass is 952 g/mol. The molecule has 0 bridgehead atoms. The van der Waals surface area contributed by atoms with E-state index in [1.807, 2.05) is 42.5 Å². The first-order valence-electron chi connectivity index (χ1n) is 22.9. The zero-order chi connectivity index (χ0) is 47.6. The Balaban J connectivity index is 2.67. The van der Waals surface area contributed by atoms with E-state index in [2.05, 4.69) is 30.5 Å². The number of phosphoric acid groups is 2. The first-order valence-corrected chi connectivity index (χ1v) is 26.0. The summed E-state index contributed by atoms with van der Waals surface area (Å²) >= 11 is 0. The molecule has 370 valence electrons. The summed E-state index contributed by atoms with van der Waals surface area (Å²) in [4.78, 5) is 54.2. The second-order valence-electron chi connectivity index (χ2n) is 16.0. The van der Waals surface area contributed by atoms with Gasteiger partial charge in [0.1, 0.15) is 43.2 Å². The zero-order valence-electron chi connectivity index (χ0n) is 37.8. The van der Waals surface area contributed by atoms with Crippen molar-refractivity contribution in [2.45, 2.75) is 198 Å². The van der Waals surface area contributed by atoms with Crippen molar-refractivity contribution < 1.29 is 82.0 Å². The summed E-state index contributed by atoms with van der Waals surface area (Å²) in [6.45, 7) is 2.89. The molecule has 1 aliphatic rings. The Bertz CT molecular complexity index is 1490. The second kappa shape index (κ2) is 35.8. The van der Waals surface area contributed by atoms with Crippen LogP contribution in [0.1, 0.15) is 149 Å². The van der Waals surface area contributed by atoms with E-state index in [1.165, 1.54) is 25.7 Å². The molecule has 19 heteroatoms. The number of allylic oxidation sites excluding steroid dienone is 9. The maximum absolute atomic E-state index is 13.0. The number of carbonyl (C=O) groups excluding carboxylic acids is 2. The number of aliphatic hydroxyl groups excluding tert-OH is 5. The lowest BCUT2D eigenvalue weighted by Gasteiger charge is -2.43. The Kier molecular flexibility index (Phi) is 33.4. The van der Waals surface area contributed by atoms with Crippen LogP contribution in [0.2, 0.25) is 0 Å². The number of phosphoric ester groups is 2. The molecule has 9 atom stereocenters. The molecule has 64 heavy (non-hydrogen) atoms. The highest BCUT2D eigenvalue weighted by molar-refractivity contribution is 7.47. The topological polar surface area (TPSA) is 276 Å². The first-order chi connectivity index (χ1) is 30.5. The fourth-order valence-electron chi connectivity index (χ4n) is 6.53. The van der Waals surface area contributed by atoms with Crippen LogP contribution in [0.4, 0.5) is 0 Å². The number of hydrogen-bond donors (Lipinski definition) is 8. The third-order valence-electron chi connectivity index (χ3n) is 10.2. The van der Waals surface area contributed by atoms with E-state index in [1.54, 1.807) is 6.08 Å². The van der Waals surface area contributed by atoms with Crippen molar-refractivity contribution in [3.8, 4) is 0 Å². The van der Waals surface area contributed by atoms with E-state index in [0.29, 0.717) is 25.7 Å². The number of hydrogen-bond acceptors (Lipinski definition) is 14. The molecule has 0 spiro atoms. The maximum Gasteiger partial charge on any atom is 0.472 e. The number of carbonyl (C=O) groups is 2. The van der Waals surface area contributed by atoms with E-state index in [9.17, 15) is 49.1 Å². The molecule has 0 aromatic heterocycles. The van der Waals surface area contributed by atoms with Crippen LogP contribution in [0.5, 0.6) is 0 Å². The van der Waals surface area contributed by atoms with Crippen molar-refractivity contribution in [1.29, 1.82) is 0 Å². The average Bonchev–Trinajstić information content (AvgIpc) is 3.24. The molecule has 17 nitrogen and oxygen atoms in total. The van der Waals surface area contributed by atoms with Crippen LogP contribution in [-0.4, -0.2) is 114 Å². The number of esters is 2. The molecule has 0 amide bonds. The van der Waals surface area contributed by atoms with Gasteiger partial charge in [0.05, 0.1) is 12.7 Å². The molecular weight excluding hydrogens is 874 g/mol. The normalized spacial score (nSPS) is 22.8. The fraction of sp³-hybridized carbons (Fsp3) is 0.733. The third kappa shape index (κ3) is 30.0. The average molecular weight is 953 g/mol. The van der Waals surface area contributed by atoms with Gasteiger partial charge in [0.15, 0.2) is 6.10 Å². The van der Waals surface area contributed by atoms with Gasteiger partial charge in [0, 0.05) is 12.8 Å². The number of ether oxygens (including phenoxy) is 2. The van der Waals surface area contributed by atoms with Crippen molar-refractivity contribution >= 4 is 27.6 Å². The van der Waals surface area contributed by atoms with Crippen molar-refractivity contribution in [1.82, 2.24) is 0 Å². The summed E-state index contributed by atoms with van der Waals surface area (Å²) in [6.07, 6.45) is 22.3. The molecule has 0 saturated heterocycles. The Labute approximate surface area is 380 Å². The van der Waals surface area contributed by atoms with Crippen molar-refractivity contribution in [3.05, 3.63) is 60.8 Å². The van der Waals surface area contributed by atoms with Crippen LogP contribution < -0.4 is 0 Å². The minimum absolute atomic E-state index is 0.0108. The number of aliphatic hydroxyl groups is 5. The molecule has 0 aliphatic heterocycles. The van der Waals surface area contributed by atoms with Crippen molar-refractivity contribution in [3.63, 3.8) is 0 Å². The number of rotatable bonds is 37. The van der Waals surface area contributed by atoms with Gasteiger partial charge in [-0.1, -0.05) is 132 Å². The van der Waals surface area contributed by atoms with Gasteiger partial charge in [-0.3, -0.25) is 23.2 Å². The Hall–Kier alpha value is -2.34. The molecule has 0 aromatic rings. The van der Waals surface area contributed by atoms with E-state index < -0.39 is 89.6 Å². The quantitative estimate of drug-likeness (QED) is 0.0100. The smallest absolute Gasteiger partial charge is 0.462 e. The van der Waals surface area contributed by atoms with Gasteiger partial charge in [0.2, 0.25) is 0 Å². The van der Waals surface area contributed by atoms with Gasteiger partial charge in [-0.25, -0.2) is 9.13 Å². The van der Waals surface area contributed by atoms with Gasteiger partial charge in [0.25, 0.3) is 0 Å². The Morgan fingerprint density at radius 1 is 0.578 bits per heavy atom. The highest BCUT2D eigenvalue weighted by Gasteiger charge is 2.54. The first kappa shape index (κ1) is 59.7. The highest BCUT2D eigenvalue weighted by atomic mass is 31.2. The van der Waals surface area contributed by atoms with E-state index in [4.69, 9.17) is 28.3 Å². The van der Waals surface area contributed by atoms with E-state index in [0.717, 1.165) is 70.6 Å². The predicted molar refractivity (Wildman–Crippen MR) is 242 cm³/mol. The molecule has 1 fully saturated rings. The van der Waals surface area contributed by atoms with Crippen LogP contribution in [0, 0.1) is 0 Å². The molecule has 0 heterocycles. The molecule has 5 unspecified atom stereocenters. The summed E-state index contributed by atoms with van der Waals surface area (Å²) < 4.78 is 49.2.